The fourth-order valence-corrected chi connectivity index (χ4v) is 3.05. The first kappa shape index (κ1) is 15.0. The van der Waals surface area contributed by atoms with Crippen LogP contribution in [0.4, 0.5) is 5.95 Å². The fourth-order valence-electron chi connectivity index (χ4n) is 3.05. The Labute approximate surface area is 129 Å². The number of nitrogens with zero attached hydrogens (tertiary/aromatic N) is 3. The van der Waals surface area contributed by atoms with Crippen LogP contribution < -0.4 is 16.6 Å². The number of pyridine rings is 1. The van der Waals surface area contributed by atoms with Crippen LogP contribution in [0.5, 0.6) is 0 Å². The summed E-state index contributed by atoms with van der Waals surface area (Å²) in [6, 6.07) is 4.09. The van der Waals surface area contributed by atoms with Crippen LogP contribution in [-0.4, -0.2) is 26.6 Å². The highest BCUT2D eigenvalue weighted by atomic mass is 16.1. The van der Waals surface area contributed by atoms with Crippen LogP contribution in [0.15, 0.2) is 23.1 Å². The molecule has 0 spiro atoms. The fraction of sp³-hybridized carbons (Fsp3) is 0.562. The number of anilines is 1. The summed E-state index contributed by atoms with van der Waals surface area (Å²) in [5, 5.41) is 4.27. The van der Waals surface area contributed by atoms with Gasteiger partial charge in [-0.1, -0.05) is 0 Å². The maximum Gasteiger partial charge on any atom is 0.252 e. The molecule has 6 nitrogen and oxygen atoms in total. The van der Waals surface area contributed by atoms with E-state index in [1.807, 2.05) is 13.8 Å². The molecular formula is C16H23N5O. The second kappa shape index (κ2) is 6.04. The Morgan fingerprint density at radius 1 is 1.27 bits per heavy atom. The molecule has 0 bridgehead atoms. The largest absolute Gasteiger partial charge is 0.351 e. The van der Waals surface area contributed by atoms with E-state index in [9.17, 15) is 4.79 Å². The highest BCUT2D eigenvalue weighted by Gasteiger charge is 2.19. The molecule has 1 fully saturated rings. The van der Waals surface area contributed by atoms with Gasteiger partial charge in [0.1, 0.15) is 5.65 Å². The summed E-state index contributed by atoms with van der Waals surface area (Å²) in [5.74, 6) is 0.591. The second-order valence-electron chi connectivity index (χ2n) is 6.36. The Balaban J connectivity index is 1.92. The van der Waals surface area contributed by atoms with Crippen molar-refractivity contribution in [2.75, 3.05) is 5.32 Å². The van der Waals surface area contributed by atoms with Crippen LogP contribution in [0.2, 0.25) is 0 Å². The number of nitrogens with one attached hydrogen (secondary N) is 1. The van der Waals surface area contributed by atoms with E-state index in [2.05, 4.69) is 15.3 Å². The molecule has 3 N–H and O–H groups in total. The van der Waals surface area contributed by atoms with Crippen LogP contribution in [0.3, 0.4) is 0 Å². The number of hydrogen-bond donors (Lipinski definition) is 2. The van der Waals surface area contributed by atoms with Crippen LogP contribution >= 0.6 is 0 Å². The first-order chi connectivity index (χ1) is 10.5. The molecule has 1 aliphatic carbocycles. The van der Waals surface area contributed by atoms with Crippen molar-refractivity contribution in [3.8, 4) is 0 Å². The van der Waals surface area contributed by atoms with Crippen LogP contribution in [0.25, 0.3) is 11.0 Å². The van der Waals surface area contributed by atoms with Gasteiger partial charge >= 0.3 is 0 Å². The van der Waals surface area contributed by atoms with Gasteiger partial charge in [-0.3, -0.25) is 9.36 Å². The van der Waals surface area contributed by atoms with Crippen LogP contribution in [0.1, 0.15) is 45.6 Å². The zero-order valence-corrected chi connectivity index (χ0v) is 13.1. The minimum atomic E-state index is -0.0317. The van der Waals surface area contributed by atoms with Crippen LogP contribution in [0, 0.1) is 0 Å². The highest BCUT2D eigenvalue weighted by Crippen LogP contribution is 2.21. The molecule has 1 saturated carbocycles. The molecule has 0 saturated heterocycles. The monoisotopic (exact) mass is 301 g/mol. The van der Waals surface area contributed by atoms with E-state index in [1.165, 1.54) is 0 Å². The molecule has 2 heterocycles. The van der Waals surface area contributed by atoms with Gasteiger partial charge in [0.25, 0.3) is 5.56 Å². The van der Waals surface area contributed by atoms with Gasteiger partial charge in [0.15, 0.2) is 0 Å². The second-order valence-corrected chi connectivity index (χ2v) is 6.36. The maximum atomic E-state index is 12.1. The van der Waals surface area contributed by atoms with Crippen LogP contribution in [-0.2, 0) is 0 Å². The summed E-state index contributed by atoms with van der Waals surface area (Å²) in [5.41, 5.74) is 6.59. The minimum absolute atomic E-state index is 0.0317. The van der Waals surface area contributed by atoms with Crippen molar-refractivity contribution >= 4 is 17.0 Å². The zero-order valence-electron chi connectivity index (χ0n) is 13.1. The average Bonchev–Trinajstić information content (AvgIpc) is 2.49. The van der Waals surface area contributed by atoms with E-state index in [0.717, 1.165) is 31.1 Å². The third-order valence-electron chi connectivity index (χ3n) is 4.29. The van der Waals surface area contributed by atoms with E-state index >= 15 is 0 Å². The Morgan fingerprint density at radius 3 is 2.68 bits per heavy atom. The third kappa shape index (κ3) is 2.97. The molecule has 0 unspecified atom stereocenters. The predicted molar refractivity (Wildman–Crippen MR) is 88.0 cm³/mol. The van der Waals surface area contributed by atoms with E-state index in [1.54, 1.807) is 22.9 Å². The van der Waals surface area contributed by atoms with E-state index in [-0.39, 0.29) is 11.6 Å². The standard InChI is InChI=1S/C16H23N5O/c1-10(2)21-14(22)8-3-11-9-18-16(20-15(11)21)19-13-6-4-12(17)5-7-13/h3,8-10,12-13H,4-7,17H2,1-2H3,(H,18,19,20). The van der Waals surface area contributed by atoms with Gasteiger partial charge in [0, 0.05) is 35.8 Å². The molecule has 2 aromatic heterocycles. The van der Waals surface area contributed by atoms with Crippen molar-refractivity contribution in [3.05, 3.63) is 28.7 Å². The molecule has 0 aliphatic heterocycles. The molecule has 0 amide bonds. The van der Waals surface area contributed by atoms with Crippen molar-refractivity contribution < 1.29 is 0 Å². The van der Waals surface area contributed by atoms with Gasteiger partial charge < -0.3 is 11.1 Å². The number of rotatable bonds is 3. The number of fused-ring (bicyclic) bond motifs is 1. The molecule has 0 aromatic carbocycles. The first-order valence-corrected chi connectivity index (χ1v) is 7.95. The first-order valence-electron chi connectivity index (χ1n) is 7.95. The van der Waals surface area contributed by atoms with Crippen molar-refractivity contribution in [3.63, 3.8) is 0 Å². The normalized spacial score (nSPS) is 22.2. The molecule has 3 rings (SSSR count). The average molecular weight is 301 g/mol. The topological polar surface area (TPSA) is 85.8 Å². The third-order valence-corrected chi connectivity index (χ3v) is 4.29. The van der Waals surface area contributed by atoms with Crippen molar-refractivity contribution in [2.45, 2.75) is 57.7 Å². The summed E-state index contributed by atoms with van der Waals surface area (Å²) in [6.45, 7) is 3.97. The van der Waals surface area contributed by atoms with Gasteiger partial charge in [-0.15, -0.1) is 0 Å². The molecule has 0 atom stereocenters. The quantitative estimate of drug-likeness (QED) is 0.906. The summed E-state index contributed by atoms with van der Waals surface area (Å²) >= 11 is 0. The maximum absolute atomic E-state index is 12.1. The van der Waals surface area contributed by atoms with Gasteiger partial charge in [0.05, 0.1) is 0 Å². The summed E-state index contributed by atoms with van der Waals surface area (Å²) < 4.78 is 1.71. The predicted octanol–water partition coefficient (Wildman–Crippen LogP) is 2.05. The molecular weight excluding hydrogens is 278 g/mol. The van der Waals surface area contributed by atoms with Crippen molar-refractivity contribution in [1.82, 2.24) is 14.5 Å². The minimum Gasteiger partial charge on any atom is -0.351 e. The lowest BCUT2D eigenvalue weighted by Gasteiger charge is -2.26. The van der Waals surface area contributed by atoms with Gasteiger partial charge in [-0.2, -0.15) is 4.98 Å². The Hall–Kier alpha value is -1.95. The van der Waals surface area contributed by atoms with Gasteiger partial charge in [-0.25, -0.2) is 4.98 Å². The molecule has 6 heteroatoms. The molecule has 0 radical (unpaired) electrons. The van der Waals surface area contributed by atoms with Crippen molar-refractivity contribution in [2.24, 2.45) is 5.73 Å². The van der Waals surface area contributed by atoms with Crippen molar-refractivity contribution in [1.29, 1.82) is 0 Å². The highest BCUT2D eigenvalue weighted by molar-refractivity contribution is 5.75. The van der Waals surface area contributed by atoms with E-state index in [0.29, 0.717) is 23.7 Å². The van der Waals surface area contributed by atoms with E-state index in [4.69, 9.17) is 5.73 Å². The van der Waals surface area contributed by atoms with E-state index < -0.39 is 0 Å². The Morgan fingerprint density at radius 2 is 2.00 bits per heavy atom. The number of hydrogen-bond acceptors (Lipinski definition) is 5. The smallest absolute Gasteiger partial charge is 0.252 e. The van der Waals surface area contributed by atoms with Gasteiger partial charge in [-0.05, 0) is 45.6 Å². The lowest BCUT2D eigenvalue weighted by Crippen LogP contribution is -2.33. The lowest BCUT2D eigenvalue weighted by atomic mass is 9.92. The lowest BCUT2D eigenvalue weighted by molar-refractivity contribution is 0.410. The van der Waals surface area contributed by atoms with Gasteiger partial charge in [0.2, 0.25) is 5.95 Å². The number of aromatic nitrogens is 3. The Bertz CT molecular complexity index is 716. The molecule has 118 valence electrons. The Kier molecular flexibility index (Phi) is 4.11. The summed E-state index contributed by atoms with van der Waals surface area (Å²) in [6.07, 6.45) is 5.91. The number of nitrogens with two attached hydrogens (primary N) is 1. The molecule has 1 aliphatic rings. The SMILES string of the molecule is CC(C)n1c(=O)ccc2cnc(NC3CCC(N)CC3)nc21. The molecule has 22 heavy (non-hydrogen) atoms. The zero-order chi connectivity index (χ0) is 15.7. The summed E-state index contributed by atoms with van der Waals surface area (Å²) in [7, 11) is 0. The summed E-state index contributed by atoms with van der Waals surface area (Å²) in [4.78, 5) is 21.0. The molecule has 2 aromatic rings.